The zero-order valence-corrected chi connectivity index (χ0v) is 13.5. The Bertz CT molecular complexity index is 674. The molecule has 0 saturated heterocycles. The highest BCUT2D eigenvalue weighted by Gasteiger charge is 2.19. The van der Waals surface area contributed by atoms with E-state index in [-0.39, 0.29) is 12.5 Å². The van der Waals surface area contributed by atoms with Gasteiger partial charge in [0, 0.05) is 12.6 Å². The topological polar surface area (TPSA) is 79.2 Å². The average Bonchev–Trinajstić information content (AvgIpc) is 3.13. The SMILES string of the molecule is CC(O)CNc1nc2ccccc2n1CC(=O)NC1CCCC1. The zero-order valence-electron chi connectivity index (χ0n) is 13.5. The molecule has 1 atom stereocenters. The Morgan fingerprint density at radius 1 is 1.39 bits per heavy atom. The number of aromatic nitrogens is 2. The quantitative estimate of drug-likeness (QED) is 0.760. The molecule has 3 rings (SSSR count). The summed E-state index contributed by atoms with van der Waals surface area (Å²) in [6.45, 7) is 2.35. The Balaban J connectivity index is 1.78. The van der Waals surface area contributed by atoms with E-state index in [1.807, 2.05) is 28.8 Å². The van der Waals surface area contributed by atoms with E-state index in [2.05, 4.69) is 15.6 Å². The van der Waals surface area contributed by atoms with Gasteiger partial charge in [0.05, 0.1) is 17.1 Å². The van der Waals surface area contributed by atoms with Crippen LogP contribution in [0.4, 0.5) is 5.95 Å². The highest BCUT2D eigenvalue weighted by atomic mass is 16.3. The van der Waals surface area contributed by atoms with Crippen LogP contribution < -0.4 is 10.6 Å². The first-order chi connectivity index (χ1) is 11.1. The number of nitrogens with zero attached hydrogens (tertiary/aromatic N) is 2. The molecule has 3 N–H and O–H groups in total. The number of carbonyl (C=O) groups is 1. The number of nitrogens with one attached hydrogen (secondary N) is 2. The number of anilines is 1. The summed E-state index contributed by atoms with van der Waals surface area (Å²) in [7, 11) is 0. The van der Waals surface area contributed by atoms with E-state index in [9.17, 15) is 9.90 Å². The van der Waals surface area contributed by atoms with E-state index in [1.165, 1.54) is 12.8 Å². The summed E-state index contributed by atoms with van der Waals surface area (Å²) < 4.78 is 1.88. The number of para-hydroxylation sites is 2. The number of amides is 1. The monoisotopic (exact) mass is 316 g/mol. The van der Waals surface area contributed by atoms with Crippen LogP contribution in [0, 0.1) is 0 Å². The molecule has 23 heavy (non-hydrogen) atoms. The average molecular weight is 316 g/mol. The van der Waals surface area contributed by atoms with Crippen LogP contribution in [0.25, 0.3) is 11.0 Å². The van der Waals surface area contributed by atoms with Crippen LogP contribution in [0.2, 0.25) is 0 Å². The Labute approximate surface area is 135 Å². The number of hydrogen-bond acceptors (Lipinski definition) is 4. The third-order valence-corrected chi connectivity index (χ3v) is 4.23. The van der Waals surface area contributed by atoms with Crippen molar-refractivity contribution >= 4 is 22.9 Å². The summed E-state index contributed by atoms with van der Waals surface area (Å²) in [5.74, 6) is 0.633. The first-order valence-electron chi connectivity index (χ1n) is 8.30. The molecule has 0 aliphatic heterocycles. The van der Waals surface area contributed by atoms with E-state index in [1.54, 1.807) is 6.92 Å². The molecule has 1 saturated carbocycles. The summed E-state index contributed by atoms with van der Waals surface area (Å²) in [5, 5.41) is 15.7. The molecular formula is C17H24N4O2. The molecule has 1 aliphatic carbocycles. The van der Waals surface area contributed by atoms with Gasteiger partial charge in [0.2, 0.25) is 11.9 Å². The smallest absolute Gasteiger partial charge is 0.240 e. The molecule has 1 heterocycles. The Hall–Kier alpha value is -2.08. The lowest BCUT2D eigenvalue weighted by Gasteiger charge is -2.15. The lowest BCUT2D eigenvalue weighted by Crippen LogP contribution is -2.35. The fourth-order valence-corrected chi connectivity index (χ4v) is 3.10. The summed E-state index contributed by atoms with van der Waals surface area (Å²) in [4.78, 5) is 16.9. The van der Waals surface area contributed by atoms with E-state index < -0.39 is 6.10 Å². The predicted molar refractivity (Wildman–Crippen MR) is 90.3 cm³/mol. The summed E-state index contributed by atoms with van der Waals surface area (Å²) in [5.41, 5.74) is 1.76. The van der Waals surface area contributed by atoms with Crippen molar-refractivity contribution in [2.75, 3.05) is 11.9 Å². The van der Waals surface area contributed by atoms with Crippen molar-refractivity contribution in [2.24, 2.45) is 0 Å². The minimum absolute atomic E-state index is 0.0140. The van der Waals surface area contributed by atoms with Gasteiger partial charge in [-0.25, -0.2) is 4.98 Å². The van der Waals surface area contributed by atoms with E-state index >= 15 is 0 Å². The molecular weight excluding hydrogens is 292 g/mol. The van der Waals surface area contributed by atoms with Gasteiger partial charge in [-0.3, -0.25) is 4.79 Å². The molecule has 0 radical (unpaired) electrons. The van der Waals surface area contributed by atoms with E-state index in [0.29, 0.717) is 18.5 Å². The molecule has 1 aliphatic rings. The van der Waals surface area contributed by atoms with E-state index in [4.69, 9.17) is 0 Å². The standard InChI is InChI=1S/C17H24N4O2/c1-12(22)10-18-17-20-14-8-4-5-9-15(14)21(17)11-16(23)19-13-6-2-3-7-13/h4-5,8-9,12-13,22H,2-3,6-7,10-11H2,1H3,(H,18,20)(H,19,23). The van der Waals surface area contributed by atoms with E-state index in [0.717, 1.165) is 23.9 Å². The highest BCUT2D eigenvalue weighted by Crippen LogP contribution is 2.20. The zero-order chi connectivity index (χ0) is 16.2. The maximum Gasteiger partial charge on any atom is 0.240 e. The number of rotatable bonds is 6. The van der Waals surface area contributed by atoms with Crippen LogP contribution >= 0.6 is 0 Å². The first kappa shape index (κ1) is 15.8. The largest absolute Gasteiger partial charge is 0.392 e. The summed E-state index contributed by atoms with van der Waals surface area (Å²) in [6.07, 6.45) is 4.06. The second-order valence-electron chi connectivity index (χ2n) is 6.29. The van der Waals surface area contributed by atoms with Gasteiger partial charge < -0.3 is 20.3 Å². The van der Waals surface area contributed by atoms with Crippen molar-refractivity contribution in [1.82, 2.24) is 14.9 Å². The molecule has 0 spiro atoms. The molecule has 1 amide bonds. The lowest BCUT2D eigenvalue weighted by atomic mass is 10.2. The van der Waals surface area contributed by atoms with Gasteiger partial charge in [-0.1, -0.05) is 25.0 Å². The maximum atomic E-state index is 12.4. The van der Waals surface area contributed by atoms with Gasteiger partial charge >= 0.3 is 0 Å². The summed E-state index contributed by atoms with van der Waals surface area (Å²) in [6, 6.07) is 8.06. The Morgan fingerprint density at radius 2 is 2.13 bits per heavy atom. The number of fused-ring (bicyclic) bond motifs is 1. The summed E-state index contributed by atoms with van der Waals surface area (Å²) >= 11 is 0. The van der Waals surface area contributed by atoms with Crippen molar-refractivity contribution < 1.29 is 9.90 Å². The van der Waals surface area contributed by atoms with Gasteiger partial charge in [0.25, 0.3) is 0 Å². The number of aliphatic hydroxyl groups is 1. The molecule has 124 valence electrons. The normalized spacial score (nSPS) is 16.6. The number of hydrogen-bond donors (Lipinski definition) is 3. The molecule has 1 unspecified atom stereocenters. The minimum Gasteiger partial charge on any atom is -0.392 e. The maximum absolute atomic E-state index is 12.4. The molecule has 6 heteroatoms. The van der Waals surface area contributed by atoms with Gasteiger partial charge in [0.15, 0.2) is 0 Å². The van der Waals surface area contributed by atoms with Crippen molar-refractivity contribution in [3.8, 4) is 0 Å². The van der Waals surface area contributed by atoms with Crippen molar-refractivity contribution in [3.05, 3.63) is 24.3 Å². The highest BCUT2D eigenvalue weighted by molar-refractivity contribution is 5.83. The molecule has 1 aromatic heterocycles. The Kier molecular flexibility index (Phi) is 4.81. The number of aliphatic hydroxyl groups excluding tert-OH is 1. The molecule has 1 fully saturated rings. The van der Waals surface area contributed by atoms with Gasteiger partial charge in [-0.05, 0) is 31.9 Å². The second-order valence-corrected chi connectivity index (χ2v) is 6.29. The lowest BCUT2D eigenvalue weighted by molar-refractivity contribution is -0.122. The third kappa shape index (κ3) is 3.82. The predicted octanol–water partition coefficient (Wildman–Crippen LogP) is 1.89. The Morgan fingerprint density at radius 3 is 2.87 bits per heavy atom. The minimum atomic E-state index is -0.476. The van der Waals surface area contributed by atoms with Crippen LogP contribution in [0.15, 0.2) is 24.3 Å². The van der Waals surface area contributed by atoms with Crippen molar-refractivity contribution in [2.45, 2.75) is 51.3 Å². The van der Waals surface area contributed by atoms with Crippen LogP contribution in [0.1, 0.15) is 32.6 Å². The van der Waals surface area contributed by atoms with Crippen LogP contribution in [-0.2, 0) is 11.3 Å². The second kappa shape index (κ2) is 7.00. The fourth-order valence-electron chi connectivity index (χ4n) is 3.10. The third-order valence-electron chi connectivity index (χ3n) is 4.23. The van der Waals surface area contributed by atoms with Gasteiger partial charge in [-0.2, -0.15) is 0 Å². The fraction of sp³-hybridized carbons (Fsp3) is 0.529. The first-order valence-corrected chi connectivity index (χ1v) is 8.30. The van der Waals surface area contributed by atoms with Crippen LogP contribution in [-0.4, -0.2) is 39.3 Å². The number of imidazole rings is 1. The van der Waals surface area contributed by atoms with Crippen LogP contribution in [0.5, 0.6) is 0 Å². The molecule has 0 bridgehead atoms. The number of carbonyl (C=O) groups excluding carboxylic acids is 1. The van der Waals surface area contributed by atoms with Gasteiger partial charge in [-0.15, -0.1) is 0 Å². The van der Waals surface area contributed by atoms with Crippen molar-refractivity contribution in [1.29, 1.82) is 0 Å². The number of benzene rings is 1. The van der Waals surface area contributed by atoms with Gasteiger partial charge in [0.1, 0.15) is 6.54 Å². The van der Waals surface area contributed by atoms with Crippen molar-refractivity contribution in [3.63, 3.8) is 0 Å². The molecule has 1 aromatic carbocycles. The molecule has 2 aromatic rings. The van der Waals surface area contributed by atoms with Crippen LogP contribution in [0.3, 0.4) is 0 Å². The molecule has 6 nitrogen and oxygen atoms in total.